The number of carbonyl (C=O) groups excluding carboxylic acids is 4. The summed E-state index contributed by atoms with van der Waals surface area (Å²) in [5.74, 6) is -1.21. The molecule has 4 nitrogen and oxygen atoms in total. The Morgan fingerprint density at radius 2 is 1.17 bits per heavy atom. The molecule has 0 spiro atoms. The van der Waals surface area contributed by atoms with Gasteiger partial charge in [-0.1, -0.05) is 0 Å². The molecule has 1 aliphatic carbocycles. The Hall–Kier alpha value is -1.84. The molecule has 0 unspecified atom stereocenters. The Bertz CT molecular complexity index is 301. The molecule has 0 N–H and O–H groups in total. The summed E-state index contributed by atoms with van der Waals surface area (Å²) in [6, 6.07) is 0. The van der Waals surface area contributed by atoms with E-state index in [1.165, 1.54) is 0 Å². The minimum Gasteiger partial charge on any atom is -0.298 e. The van der Waals surface area contributed by atoms with Crippen LogP contribution in [0.5, 0.6) is 0 Å². The smallest absolute Gasteiger partial charge is 0.190 e. The van der Waals surface area contributed by atoms with E-state index in [0.717, 1.165) is 12.2 Å². The van der Waals surface area contributed by atoms with Crippen LogP contribution in [-0.4, -0.2) is 24.1 Å². The van der Waals surface area contributed by atoms with Crippen LogP contribution in [0.2, 0.25) is 0 Å². The molecule has 60 valence electrons. The van der Waals surface area contributed by atoms with Crippen molar-refractivity contribution >= 4 is 24.1 Å². The zero-order valence-corrected chi connectivity index (χ0v) is 5.94. The lowest BCUT2D eigenvalue weighted by atomic mass is 9.97. The van der Waals surface area contributed by atoms with Crippen LogP contribution < -0.4 is 0 Å². The first-order chi connectivity index (χ1) is 5.70. The van der Waals surface area contributed by atoms with Crippen molar-refractivity contribution < 1.29 is 19.2 Å². The highest BCUT2D eigenvalue weighted by Gasteiger charge is 2.21. The molecule has 0 fully saturated rings. The first-order valence-corrected chi connectivity index (χ1v) is 3.12. The molecule has 0 saturated carbocycles. The Morgan fingerprint density at radius 1 is 0.833 bits per heavy atom. The molecule has 0 radical (unpaired) electrons. The van der Waals surface area contributed by atoms with Gasteiger partial charge in [0.25, 0.3) is 0 Å². The quantitative estimate of drug-likeness (QED) is 0.310. The summed E-state index contributed by atoms with van der Waals surface area (Å²) < 4.78 is 0. The maximum Gasteiger partial charge on any atom is 0.190 e. The van der Waals surface area contributed by atoms with E-state index in [-0.39, 0.29) is 23.7 Å². The number of aldehydes is 2. The normalized spacial score (nSPS) is 16.7. The van der Waals surface area contributed by atoms with Crippen LogP contribution in [-0.2, 0) is 19.2 Å². The topological polar surface area (TPSA) is 68.3 Å². The fraction of sp³-hybridized carbons (Fsp3) is 0. The summed E-state index contributed by atoms with van der Waals surface area (Å²) in [4.78, 5) is 42.2. The van der Waals surface area contributed by atoms with E-state index in [4.69, 9.17) is 0 Å². The fourth-order valence-electron chi connectivity index (χ4n) is 0.840. The van der Waals surface area contributed by atoms with E-state index < -0.39 is 11.6 Å². The van der Waals surface area contributed by atoms with E-state index >= 15 is 0 Å². The summed E-state index contributed by atoms with van der Waals surface area (Å²) in [6.45, 7) is 0. The number of hydrogen-bond acceptors (Lipinski definition) is 4. The van der Waals surface area contributed by atoms with Gasteiger partial charge in [-0.2, -0.15) is 0 Å². The van der Waals surface area contributed by atoms with Crippen LogP contribution in [0.1, 0.15) is 0 Å². The molecule has 1 aliphatic rings. The lowest BCUT2D eigenvalue weighted by Gasteiger charge is -2.02. The van der Waals surface area contributed by atoms with Gasteiger partial charge in [0, 0.05) is 0 Å². The van der Waals surface area contributed by atoms with E-state index in [1.807, 2.05) is 0 Å². The highest BCUT2D eigenvalue weighted by molar-refractivity contribution is 6.33. The molecular formula is C8H4O4. The maximum absolute atomic E-state index is 10.9. The van der Waals surface area contributed by atoms with Gasteiger partial charge >= 0.3 is 0 Å². The van der Waals surface area contributed by atoms with Crippen LogP contribution in [0.15, 0.2) is 23.3 Å². The summed E-state index contributed by atoms with van der Waals surface area (Å²) in [5.41, 5.74) is -0.727. The largest absolute Gasteiger partial charge is 0.298 e. The first kappa shape index (κ1) is 8.26. The van der Waals surface area contributed by atoms with Gasteiger partial charge in [0.15, 0.2) is 24.1 Å². The number of ketones is 2. The Kier molecular flexibility index (Phi) is 2.09. The van der Waals surface area contributed by atoms with Crippen LogP contribution >= 0.6 is 0 Å². The number of hydrogen-bond donors (Lipinski definition) is 0. The molecule has 0 aromatic carbocycles. The Labute approximate surface area is 67.6 Å². The van der Waals surface area contributed by atoms with Gasteiger partial charge in [0.2, 0.25) is 0 Å². The van der Waals surface area contributed by atoms with E-state index in [0.29, 0.717) is 0 Å². The van der Waals surface area contributed by atoms with Gasteiger partial charge in [-0.3, -0.25) is 19.2 Å². The second kappa shape index (κ2) is 3.04. The van der Waals surface area contributed by atoms with Crippen molar-refractivity contribution in [1.82, 2.24) is 0 Å². The van der Waals surface area contributed by atoms with Gasteiger partial charge in [0.05, 0.1) is 11.1 Å². The van der Waals surface area contributed by atoms with Gasteiger partial charge in [-0.05, 0) is 12.2 Å². The minimum atomic E-state index is -0.605. The van der Waals surface area contributed by atoms with Crippen molar-refractivity contribution in [2.24, 2.45) is 0 Å². The highest BCUT2D eigenvalue weighted by atomic mass is 16.2. The van der Waals surface area contributed by atoms with Gasteiger partial charge in [0.1, 0.15) is 0 Å². The van der Waals surface area contributed by atoms with Crippen molar-refractivity contribution in [2.75, 3.05) is 0 Å². The first-order valence-electron chi connectivity index (χ1n) is 3.12. The van der Waals surface area contributed by atoms with Crippen molar-refractivity contribution in [3.05, 3.63) is 23.3 Å². The molecule has 0 atom stereocenters. The standard InChI is InChI=1S/C8H4O4/c9-3-5-6(4-10)8(12)2-1-7(5)11/h1-4H. The average molecular weight is 164 g/mol. The molecule has 0 saturated heterocycles. The molecule has 0 bridgehead atoms. The highest BCUT2D eigenvalue weighted by Crippen LogP contribution is 2.09. The Balaban J connectivity index is 3.29. The zero-order chi connectivity index (χ0) is 9.14. The predicted molar refractivity (Wildman–Crippen MR) is 38.3 cm³/mol. The molecular weight excluding hydrogens is 160 g/mol. The molecule has 0 amide bonds. The lowest BCUT2D eigenvalue weighted by molar-refractivity contribution is -0.119. The van der Waals surface area contributed by atoms with Crippen molar-refractivity contribution in [2.45, 2.75) is 0 Å². The number of rotatable bonds is 2. The number of carbonyl (C=O) groups is 4. The van der Waals surface area contributed by atoms with E-state index in [1.54, 1.807) is 0 Å². The predicted octanol–water partition coefficient (Wildman–Crippen LogP) is -0.611. The van der Waals surface area contributed by atoms with Crippen LogP contribution in [0, 0.1) is 0 Å². The van der Waals surface area contributed by atoms with Gasteiger partial charge in [-0.25, -0.2) is 0 Å². The zero-order valence-electron chi connectivity index (χ0n) is 5.94. The molecule has 0 aliphatic heterocycles. The second-order valence-electron chi connectivity index (χ2n) is 2.12. The minimum absolute atomic E-state index is 0.216. The summed E-state index contributed by atoms with van der Waals surface area (Å²) in [5, 5.41) is 0. The third kappa shape index (κ3) is 1.14. The molecule has 0 heterocycles. The van der Waals surface area contributed by atoms with Crippen LogP contribution in [0.4, 0.5) is 0 Å². The van der Waals surface area contributed by atoms with Crippen molar-refractivity contribution in [1.29, 1.82) is 0 Å². The molecule has 1 rings (SSSR count). The van der Waals surface area contributed by atoms with Crippen LogP contribution in [0.3, 0.4) is 0 Å². The molecule has 0 aromatic heterocycles. The van der Waals surface area contributed by atoms with Crippen LogP contribution in [0.25, 0.3) is 0 Å². The summed E-state index contributed by atoms with van der Waals surface area (Å²) >= 11 is 0. The van der Waals surface area contributed by atoms with E-state index in [2.05, 4.69) is 0 Å². The average Bonchev–Trinajstić information content (AvgIpc) is 2.08. The third-order valence-corrected chi connectivity index (χ3v) is 1.44. The molecule has 12 heavy (non-hydrogen) atoms. The maximum atomic E-state index is 10.9. The number of allylic oxidation sites excluding steroid dienone is 4. The monoisotopic (exact) mass is 164 g/mol. The second-order valence-corrected chi connectivity index (χ2v) is 2.12. The van der Waals surface area contributed by atoms with Crippen molar-refractivity contribution in [3.63, 3.8) is 0 Å². The summed E-state index contributed by atoms with van der Waals surface area (Å²) in [7, 11) is 0. The fourth-order valence-corrected chi connectivity index (χ4v) is 0.840. The van der Waals surface area contributed by atoms with Gasteiger partial charge in [-0.15, -0.1) is 0 Å². The van der Waals surface area contributed by atoms with Crippen molar-refractivity contribution in [3.8, 4) is 0 Å². The lowest BCUT2D eigenvalue weighted by Crippen LogP contribution is -2.16. The molecule has 0 aromatic rings. The third-order valence-electron chi connectivity index (χ3n) is 1.44. The SMILES string of the molecule is O=CC1=C(C=O)C(=O)C=CC1=O. The summed E-state index contributed by atoms with van der Waals surface area (Å²) in [6.07, 6.45) is 2.37. The molecule has 4 heteroatoms. The van der Waals surface area contributed by atoms with E-state index in [9.17, 15) is 19.2 Å². The van der Waals surface area contributed by atoms with Gasteiger partial charge < -0.3 is 0 Å². The Morgan fingerprint density at radius 3 is 1.42 bits per heavy atom.